The number of aromatic nitrogens is 2. The van der Waals surface area contributed by atoms with Crippen molar-refractivity contribution in [3.8, 4) is 0 Å². The molecule has 0 spiro atoms. The molecule has 1 amide bonds. The van der Waals surface area contributed by atoms with Gasteiger partial charge >= 0.3 is 0 Å². The molecule has 21 heavy (non-hydrogen) atoms. The summed E-state index contributed by atoms with van der Waals surface area (Å²) in [6.45, 7) is 0.775. The molecule has 5 heteroatoms. The van der Waals surface area contributed by atoms with Crippen molar-refractivity contribution < 1.29 is 9.32 Å². The molecule has 108 valence electrons. The van der Waals surface area contributed by atoms with Gasteiger partial charge in [-0.2, -0.15) is 0 Å². The van der Waals surface area contributed by atoms with E-state index in [9.17, 15) is 4.79 Å². The Bertz CT molecular complexity index is 649. The minimum Gasteiger partial charge on any atom is -0.360 e. The monoisotopic (exact) mass is 283 g/mol. The standard InChI is InChI=1S/C16H17N3O2/c20-16(13-10-15(21-18-13)12-3-4-12)19-9-1-2-14(19)11-5-7-17-8-6-11/h5-8,10,12,14H,1-4,9H2/t14-/m1/s1. The first-order valence-electron chi connectivity index (χ1n) is 7.50. The number of amides is 1. The van der Waals surface area contributed by atoms with E-state index in [1.165, 1.54) is 0 Å². The number of carbonyl (C=O) groups is 1. The van der Waals surface area contributed by atoms with Crippen LogP contribution in [0, 0.1) is 0 Å². The number of rotatable bonds is 3. The van der Waals surface area contributed by atoms with Gasteiger partial charge in [-0.25, -0.2) is 0 Å². The Morgan fingerprint density at radius 1 is 1.24 bits per heavy atom. The zero-order chi connectivity index (χ0) is 14.2. The molecule has 0 N–H and O–H groups in total. The van der Waals surface area contributed by atoms with E-state index in [0.29, 0.717) is 11.6 Å². The van der Waals surface area contributed by atoms with Crippen LogP contribution in [-0.2, 0) is 0 Å². The Balaban J connectivity index is 1.57. The van der Waals surface area contributed by atoms with Crippen LogP contribution in [0.5, 0.6) is 0 Å². The van der Waals surface area contributed by atoms with Crippen molar-refractivity contribution in [1.29, 1.82) is 0 Å². The molecule has 0 aromatic carbocycles. The average Bonchev–Trinajstić information content (AvgIpc) is 3.07. The van der Waals surface area contributed by atoms with Crippen LogP contribution in [0.3, 0.4) is 0 Å². The second kappa shape index (κ2) is 4.98. The predicted molar refractivity (Wildman–Crippen MR) is 75.7 cm³/mol. The van der Waals surface area contributed by atoms with E-state index in [4.69, 9.17) is 4.52 Å². The minimum absolute atomic E-state index is 0.0232. The summed E-state index contributed by atoms with van der Waals surface area (Å²) < 4.78 is 5.30. The summed E-state index contributed by atoms with van der Waals surface area (Å²) in [7, 11) is 0. The number of pyridine rings is 1. The van der Waals surface area contributed by atoms with E-state index in [1.807, 2.05) is 23.1 Å². The third-order valence-electron chi connectivity index (χ3n) is 4.33. The van der Waals surface area contributed by atoms with Crippen LogP contribution in [0.4, 0.5) is 0 Å². The summed E-state index contributed by atoms with van der Waals surface area (Å²) in [5.41, 5.74) is 1.58. The van der Waals surface area contributed by atoms with E-state index < -0.39 is 0 Å². The molecule has 1 saturated carbocycles. The lowest BCUT2D eigenvalue weighted by atomic mass is 10.1. The molecule has 2 aromatic rings. The van der Waals surface area contributed by atoms with Crippen molar-refractivity contribution in [2.24, 2.45) is 0 Å². The summed E-state index contributed by atoms with van der Waals surface area (Å²) in [5, 5.41) is 3.97. The maximum atomic E-state index is 12.7. The lowest BCUT2D eigenvalue weighted by Crippen LogP contribution is -2.30. The van der Waals surface area contributed by atoms with Gasteiger partial charge in [0, 0.05) is 30.9 Å². The second-order valence-electron chi connectivity index (χ2n) is 5.83. The highest BCUT2D eigenvalue weighted by Crippen LogP contribution is 2.40. The first-order valence-corrected chi connectivity index (χ1v) is 7.50. The van der Waals surface area contributed by atoms with Gasteiger partial charge in [-0.15, -0.1) is 0 Å². The van der Waals surface area contributed by atoms with Crippen molar-refractivity contribution in [1.82, 2.24) is 15.0 Å². The SMILES string of the molecule is O=C(c1cc(C2CC2)on1)N1CCC[C@@H]1c1ccncc1. The maximum absolute atomic E-state index is 12.7. The number of likely N-dealkylation sites (tertiary alicyclic amines) is 1. The number of carbonyl (C=O) groups excluding carboxylic acids is 1. The van der Waals surface area contributed by atoms with E-state index in [0.717, 1.165) is 43.6 Å². The summed E-state index contributed by atoms with van der Waals surface area (Å²) in [6, 6.07) is 5.91. The second-order valence-corrected chi connectivity index (χ2v) is 5.83. The molecule has 0 radical (unpaired) electrons. The molecule has 4 rings (SSSR count). The Morgan fingerprint density at radius 3 is 2.81 bits per heavy atom. The molecule has 2 aromatic heterocycles. The minimum atomic E-state index is -0.0232. The van der Waals surface area contributed by atoms with Crippen molar-refractivity contribution in [3.63, 3.8) is 0 Å². The van der Waals surface area contributed by atoms with Crippen LogP contribution in [0.25, 0.3) is 0 Å². The summed E-state index contributed by atoms with van der Waals surface area (Å²) in [6.07, 6.45) is 7.85. The molecule has 1 saturated heterocycles. The van der Waals surface area contributed by atoms with Crippen LogP contribution in [0.1, 0.15) is 59.5 Å². The van der Waals surface area contributed by atoms with Crippen molar-refractivity contribution in [3.05, 3.63) is 47.6 Å². The smallest absolute Gasteiger partial charge is 0.276 e. The van der Waals surface area contributed by atoms with Crippen LogP contribution >= 0.6 is 0 Å². The Labute approximate surface area is 123 Å². The van der Waals surface area contributed by atoms with Crippen LogP contribution in [0.15, 0.2) is 35.1 Å². The molecular weight excluding hydrogens is 266 g/mol. The predicted octanol–water partition coefficient (Wildman–Crippen LogP) is 2.92. The van der Waals surface area contributed by atoms with E-state index >= 15 is 0 Å². The van der Waals surface area contributed by atoms with Gasteiger partial charge in [0.1, 0.15) is 5.76 Å². The van der Waals surface area contributed by atoms with Gasteiger partial charge in [0.05, 0.1) is 6.04 Å². The Hall–Kier alpha value is -2.17. The normalized spacial score (nSPS) is 21.7. The van der Waals surface area contributed by atoms with Gasteiger partial charge in [0.15, 0.2) is 5.69 Å². The molecule has 1 atom stereocenters. The van der Waals surface area contributed by atoms with E-state index in [-0.39, 0.29) is 11.9 Å². The molecule has 0 unspecified atom stereocenters. The van der Waals surface area contributed by atoms with Gasteiger partial charge < -0.3 is 9.42 Å². The zero-order valence-electron chi connectivity index (χ0n) is 11.7. The molecule has 2 aliphatic rings. The molecule has 5 nitrogen and oxygen atoms in total. The fourth-order valence-corrected chi connectivity index (χ4v) is 3.04. The highest BCUT2D eigenvalue weighted by Gasteiger charge is 2.34. The maximum Gasteiger partial charge on any atom is 0.276 e. The summed E-state index contributed by atoms with van der Waals surface area (Å²) >= 11 is 0. The van der Waals surface area contributed by atoms with Crippen molar-refractivity contribution >= 4 is 5.91 Å². The summed E-state index contributed by atoms with van der Waals surface area (Å²) in [4.78, 5) is 18.6. The largest absolute Gasteiger partial charge is 0.360 e. The quantitative estimate of drug-likeness (QED) is 0.869. The first kappa shape index (κ1) is 12.6. The molecule has 2 fully saturated rings. The van der Waals surface area contributed by atoms with Crippen LogP contribution in [0.2, 0.25) is 0 Å². The average molecular weight is 283 g/mol. The molecule has 3 heterocycles. The van der Waals surface area contributed by atoms with E-state index in [2.05, 4.69) is 10.1 Å². The van der Waals surface area contributed by atoms with Gasteiger partial charge in [0.2, 0.25) is 0 Å². The fourth-order valence-electron chi connectivity index (χ4n) is 3.04. The lowest BCUT2D eigenvalue weighted by Gasteiger charge is -2.23. The molecule has 1 aliphatic carbocycles. The third-order valence-corrected chi connectivity index (χ3v) is 4.33. The van der Waals surface area contributed by atoms with Crippen molar-refractivity contribution in [2.45, 2.75) is 37.6 Å². The number of hydrogen-bond acceptors (Lipinski definition) is 4. The Kier molecular flexibility index (Phi) is 2.98. The van der Waals surface area contributed by atoms with E-state index in [1.54, 1.807) is 12.4 Å². The lowest BCUT2D eigenvalue weighted by molar-refractivity contribution is 0.0725. The topological polar surface area (TPSA) is 59.2 Å². The van der Waals surface area contributed by atoms with Crippen LogP contribution in [-0.4, -0.2) is 27.5 Å². The van der Waals surface area contributed by atoms with Gasteiger partial charge in [-0.3, -0.25) is 9.78 Å². The molecule has 0 bridgehead atoms. The van der Waals surface area contributed by atoms with Crippen molar-refractivity contribution in [2.75, 3.05) is 6.54 Å². The fraction of sp³-hybridized carbons (Fsp3) is 0.438. The number of nitrogens with zero attached hydrogens (tertiary/aromatic N) is 3. The van der Waals surface area contributed by atoms with Gasteiger partial charge in [-0.05, 0) is 43.4 Å². The summed E-state index contributed by atoms with van der Waals surface area (Å²) in [5.74, 6) is 1.32. The van der Waals surface area contributed by atoms with Gasteiger partial charge in [-0.1, -0.05) is 5.16 Å². The highest BCUT2D eigenvalue weighted by atomic mass is 16.5. The molecule has 1 aliphatic heterocycles. The molecular formula is C16H17N3O2. The first-order chi connectivity index (χ1) is 10.3. The van der Waals surface area contributed by atoms with Crippen LogP contribution < -0.4 is 0 Å². The number of hydrogen-bond donors (Lipinski definition) is 0. The van der Waals surface area contributed by atoms with Gasteiger partial charge in [0.25, 0.3) is 5.91 Å². The third kappa shape index (κ3) is 2.33. The Morgan fingerprint density at radius 2 is 2.05 bits per heavy atom. The highest BCUT2D eigenvalue weighted by molar-refractivity contribution is 5.92. The zero-order valence-corrected chi connectivity index (χ0v) is 11.7.